The van der Waals surface area contributed by atoms with E-state index in [4.69, 9.17) is 0 Å². The van der Waals surface area contributed by atoms with Crippen LogP contribution in [-0.4, -0.2) is 80.9 Å². The van der Waals surface area contributed by atoms with Crippen LogP contribution in [0.15, 0.2) is 133 Å². The first-order valence-electron chi connectivity index (χ1n) is 25.8. The normalized spacial score (nSPS) is 17.4. The van der Waals surface area contributed by atoms with Crippen molar-refractivity contribution in [1.82, 2.24) is 19.4 Å². The summed E-state index contributed by atoms with van der Waals surface area (Å²) in [5.41, 5.74) is 12.5. The number of benzene rings is 6. The third kappa shape index (κ3) is 12.9. The van der Waals surface area contributed by atoms with Crippen LogP contribution >= 0.6 is 0 Å². The summed E-state index contributed by atoms with van der Waals surface area (Å²) in [6.45, 7) is 14.8. The maximum Gasteiger partial charge on any atom is 1.00 e. The van der Waals surface area contributed by atoms with Crippen molar-refractivity contribution in [3.63, 3.8) is 0 Å². The molecule has 17 heteroatoms. The number of aromatic nitrogens is 2. The van der Waals surface area contributed by atoms with Gasteiger partial charge in [0.2, 0.25) is 5.97 Å². The number of aldehydes is 1. The number of hydrogen-bond acceptors (Lipinski definition) is 11. The summed E-state index contributed by atoms with van der Waals surface area (Å²) in [7, 11) is 2.83. The maximum absolute atomic E-state index is 13.1. The smallest absolute Gasteiger partial charge is 0.793 e. The number of rotatable bonds is 5. The molecule has 4 aliphatic rings. The first-order valence-corrected chi connectivity index (χ1v) is 28.5. The van der Waals surface area contributed by atoms with Gasteiger partial charge < -0.3 is 27.2 Å². The van der Waals surface area contributed by atoms with Crippen LogP contribution in [0.4, 0.5) is 0 Å². The van der Waals surface area contributed by atoms with Gasteiger partial charge in [-0.3, -0.25) is 22.9 Å². The van der Waals surface area contributed by atoms with Gasteiger partial charge >= 0.3 is 41.5 Å². The molecule has 77 heavy (non-hydrogen) atoms. The fraction of sp³-hybridized carbons (Fsp3) is 0.333. The number of likely N-dealkylation sites (tertiary alicyclic amines) is 1. The van der Waals surface area contributed by atoms with Crippen molar-refractivity contribution in [1.29, 1.82) is 0 Å². The van der Waals surface area contributed by atoms with Crippen LogP contribution < -0.4 is 34.9 Å². The van der Waals surface area contributed by atoms with E-state index in [-0.39, 0.29) is 39.1 Å². The fourth-order valence-electron chi connectivity index (χ4n) is 11.3. The Morgan fingerprint density at radius 1 is 0.584 bits per heavy atom. The quantitative estimate of drug-likeness (QED) is 0.0795. The zero-order valence-corrected chi connectivity index (χ0v) is 48.5. The molecule has 12 rings (SSSR count). The van der Waals surface area contributed by atoms with E-state index >= 15 is 0 Å². The molecule has 3 radical (unpaired) electrons. The SMILES string of the molecule is CC(=O)OOC(C)=O.CCn1c2ccccc2c2cc(C=O)ccc21.CCn1c2ccccc2c2cc(CN3CCC4(CC3)c3ccccc3CS4=O)ccc21.O=S1Cc2ccccc2C12CCNCC2.[B-]OC(C)=O.[Na+]. The summed E-state index contributed by atoms with van der Waals surface area (Å²) in [6.07, 6.45) is 4.94. The van der Waals surface area contributed by atoms with Gasteiger partial charge in [-0.1, -0.05) is 91.0 Å². The van der Waals surface area contributed by atoms with Crippen molar-refractivity contribution in [3.8, 4) is 0 Å². The summed E-state index contributed by atoms with van der Waals surface area (Å²) in [6, 6.07) is 46.9. The number of carbonyl (C=O) groups excluding carboxylic acids is 4. The van der Waals surface area contributed by atoms with Gasteiger partial charge in [0, 0.05) is 136 Å². The first-order chi connectivity index (χ1) is 36.8. The summed E-state index contributed by atoms with van der Waals surface area (Å²) in [5, 5.41) is 8.43. The Kier molecular flexibility index (Phi) is 20.5. The minimum Gasteiger partial charge on any atom is -0.793 e. The second-order valence-electron chi connectivity index (χ2n) is 19.3. The summed E-state index contributed by atoms with van der Waals surface area (Å²) < 4.78 is 33.5. The van der Waals surface area contributed by atoms with Crippen molar-refractivity contribution in [2.45, 2.75) is 101 Å². The van der Waals surface area contributed by atoms with E-state index in [1.54, 1.807) is 0 Å². The molecule has 6 aromatic carbocycles. The van der Waals surface area contributed by atoms with E-state index < -0.39 is 39.5 Å². The van der Waals surface area contributed by atoms with Crippen LogP contribution in [0, 0.1) is 0 Å². The molecule has 13 nitrogen and oxygen atoms in total. The van der Waals surface area contributed by atoms with Gasteiger partial charge in [0.1, 0.15) is 6.29 Å². The molecule has 0 saturated carbocycles. The molecular formula is C60H65BN4NaO9S2. The molecule has 2 fully saturated rings. The monoisotopic (exact) mass is 1080 g/mol. The van der Waals surface area contributed by atoms with E-state index in [0.29, 0.717) is 0 Å². The summed E-state index contributed by atoms with van der Waals surface area (Å²) in [4.78, 5) is 50.2. The van der Waals surface area contributed by atoms with Crippen LogP contribution in [0.1, 0.15) is 98.5 Å². The van der Waals surface area contributed by atoms with Crippen molar-refractivity contribution >= 4 is 97.5 Å². The number of aryl methyl sites for hydroxylation is 2. The largest absolute Gasteiger partial charge is 1.00 e. The predicted molar refractivity (Wildman–Crippen MR) is 303 cm³/mol. The Labute approximate surface area is 479 Å². The predicted octanol–water partition coefficient (Wildman–Crippen LogP) is 7.39. The van der Waals surface area contributed by atoms with E-state index in [0.717, 1.165) is 114 Å². The Balaban J connectivity index is 0.000000159. The van der Waals surface area contributed by atoms with Gasteiger partial charge in [-0.05, 0) is 123 Å². The Morgan fingerprint density at radius 2 is 1.01 bits per heavy atom. The van der Waals surface area contributed by atoms with Gasteiger partial charge in [-0.15, -0.1) is 0 Å². The molecule has 2 aromatic heterocycles. The van der Waals surface area contributed by atoms with Gasteiger partial charge in [0.25, 0.3) is 0 Å². The maximum atomic E-state index is 13.1. The van der Waals surface area contributed by atoms with Crippen molar-refractivity contribution in [2.24, 2.45) is 0 Å². The second-order valence-corrected chi connectivity index (χ2v) is 22.9. The van der Waals surface area contributed by atoms with Gasteiger partial charge in [-0.25, -0.2) is 19.4 Å². The number of para-hydroxylation sites is 2. The second kappa shape index (κ2) is 26.8. The summed E-state index contributed by atoms with van der Waals surface area (Å²) >= 11 is 0. The molecule has 0 aliphatic carbocycles. The molecule has 2 saturated heterocycles. The first kappa shape index (κ1) is 59.0. The zero-order chi connectivity index (χ0) is 54.0. The molecule has 8 aromatic rings. The van der Waals surface area contributed by atoms with E-state index in [1.807, 2.05) is 30.3 Å². The third-order valence-electron chi connectivity index (χ3n) is 14.8. The minimum absolute atomic E-state index is 0. The molecule has 6 heterocycles. The Hall–Kier alpha value is -5.72. The molecule has 1 N–H and O–H groups in total. The molecule has 4 aliphatic heterocycles. The average Bonchev–Trinajstić information content (AvgIpc) is 4.28. The number of piperidine rings is 2. The topological polar surface area (TPSA) is 155 Å². The van der Waals surface area contributed by atoms with Crippen LogP contribution in [0.5, 0.6) is 0 Å². The summed E-state index contributed by atoms with van der Waals surface area (Å²) in [5.74, 6) is -0.254. The average molecular weight is 1080 g/mol. The molecule has 2 spiro atoms. The van der Waals surface area contributed by atoms with Crippen LogP contribution in [0.2, 0.25) is 0 Å². The number of fused-ring (bicyclic) bond motifs is 10. The van der Waals surface area contributed by atoms with E-state index in [1.165, 1.54) is 73.0 Å². The molecule has 395 valence electrons. The Morgan fingerprint density at radius 3 is 1.48 bits per heavy atom. The molecule has 2 unspecified atom stereocenters. The number of nitrogens with zero attached hydrogens (tertiary/aromatic N) is 3. The molecular weight excluding hydrogens is 1020 g/mol. The van der Waals surface area contributed by atoms with Gasteiger partial charge in [0.05, 0.1) is 9.49 Å². The van der Waals surface area contributed by atoms with Crippen molar-refractivity contribution < 1.29 is 71.6 Å². The standard InChI is InChI=1S/C27H28N2OS.C15H13NO.C12H15NOS.C4H6O4.C2H3BO2.Na/c1-2-29-25-10-6-4-8-22(25)23-17-20(11-12-26(23)29)18-28-15-13-27(14-16-28)24-9-5-3-7-21(24)19-31(27)30;1-2-16-14-6-4-3-5-12(14)13-9-11(10-17)7-8-15(13)16;14-15-9-10-3-1-2-4-11(10)12(15)5-7-13-8-6-12;1-3(5)7-8-4(2)6;1-2(4)5-3;/h3-12,17H,2,13-16,18-19H2,1H3;3-10H,2H2,1H3;1-4,13H,5-9H2;1-2H3;1H3;/q;;;;-1;+1. The number of carbonyl (C=O) groups is 4. The van der Waals surface area contributed by atoms with Crippen LogP contribution in [-0.2, 0) is 91.0 Å². The van der Waals surface area contributed by atoms with E-state index in [2.05, 4.69) is 159 Å². The van der Waals surface area contributed by atoms with Gasteiger partial charge in [0.15, 0.2) is 0 Å². The minimum atomic E-state index is -0.788. The van der Waals surface area contributed by atoms with Crippen molar-refractivity contribution in [2.75, 3.05) is 26.2 Å². The van der Waals surface area contributed by atoms with Crippen molar-refractivity contribution in [3.05, 3.63) is 167 Å². The zero-order valence-electron chi connectivity index (χ0n) is 44.9. The molecule has 0 bridgehead atoms. The number of nitrogens with one attached hydrogen (secondary N) is 1. The fourth-order valence-corrected chi connectivity index (χ4v) is 15.1. The van der Waals surface area contributed by atoms with E-state index in [9.17, 15) is 27.6 Å². The Bertz CT molecular complexity index is 3440. The number of hydrogen-bond donors (Lipinski definition) is 1. The molecule has 2 atom stereocenters. The molecule has 0 amide bonds. The third-order valence-corrected chi connectivity index (χ3v) is 18.9. The van der Waals surface area contributed by atoms with Gasteiger partial charge in [-0.2, -0.15) is 0 Å². The van der Waals surface area contributed by atoms with Crippen LogP contribution in [0.3, 0.4) is 0 Å². The van der Waals surface area contributed by atoms with Crippen LogP contribution in [0.25, 0.3) is 43.6 Å².